The molecule has 3 N–H and O–H groups in total. The van der Waals surface area contributed by atoms with E-state index in [1.807, 2.05) is 37.3 Å². The molecule has 116 valence electrons. The van der Waals surface area contributed by atoms with E-state index in [9.17, 15) is 4.79 Å². The van der Waals surface area contributed by atoms with Gasteiger partial charge in [0, 0.05) is 32.7 Å². The van der Waals surface area contributed by atoms with E-state index >= 15 is 0 Å². The van der Waals surface area contributed by atoms with Gasteiger partial charge in [-0.15, -0.1) is 0 Å². The largest absolute Gasteiger partial charge is 0.368 e. The Balaban J connectivity index is 2.25. The number of rotatable bonds is 6. The number of benzene rings is 1. The minimum Gasteiger partial charge on any atom is -0.368 e. The number of primary amides is 1. The molecule has 1 aromatic carbocycles. The molecule has 0 aromatic heterocycles. The molecule has 0 radical (unpaired) electrons. The zero-order valence-corrected chi connectivity index (χ0v) is 13.0. The summed E-state index contributed by atoms with van der Waals surface area (Å²) in [4.78, 5) is 16.9. The maximum absolute atomic E-state index is 12.3. The first kappa shape index (κ1) is 15.9. The Morgan fingerprint density at radius 2 is 1.86 bits per heavy atom. The summed E-state index contributed by atoms with van der Waals surface area (Å²) in [5.41, 5.74) is 5.93. The van der Waals surface area contributed by atoms with Crippen LogP contribution in [0.15, 0.2) is 30.3 Å². The third kappa shape index (κ3) is 3.61. The van der Waals surface area contributed by atoms with Gasteiger partial charge in [0.05, 0.1) is 0 Å². The number of nitrogens with zero attached hydrogens (tertiary/aromatic N) is 2. The van der Waals surface area contributed by atoms with Gasteiger partial charge in [0.25, 0.3) is 0 Å². The Labute approximate surface area is 127 Å². The number of nitrogens with two attached hydrogens (primary N) is 1. The lowest BCUT2D eigenvalue weighted by Crippen LogP contribution is -2.61. The highest BCUT2D eigenvalue weighted by molar-refractivity contribution is 5.86. The molecule has 1 heterocycles. The Morgan fingerprint density at radius 1 is 1.24 bits per heavy atom. The summed E-state index contributed by atoms with van der Waals surface area (Å²) in [6.45, 7) is 7.29. The van der Waals surface area contributed by atoms with Crippen LogP contribution in [0.4, 0.5) is 0 Å². The average Bonchev–Trinajstić information content (AvgIpc) is 2.49. The van der Waals surface area contributed by atoms with Crippen molar-refractivity contribution in [2.75, 3.05) is 46.3 Å². The van der Waals surface area contributed by atoms with Gasteiger partial charge in [-0.2, -0.15) is 0 Å². The van der Waals surface area contributed by atoms with E-state index in [2.05, 4.69) is 22.2 Å². The summed E-state index contributed by atoms with van der Waals surface area (Å²) < 4.78 is 0. The average molecular weight is 290 g/mol. The predicted molar refractivity (Wildman–Crippen MR) is 84.9 cm³/mol. The van der Waals surface area contributed by atoms with Gasteiger partial charge in [-0.1, -0.05) is 37.3 Å². The summed E-state index contributed by atoms with van der Waals surface area (Å²) in [7, 11) is 2.13. The highest BCUT2D eigenvalue weighted by Crippen LogP contribution is 2.23. The quantitative estimate of drug-likeness (QED) is 0.787. The molecule has 1 aromatic rings. The van der Waals surface area contributed by atoms with Gasteiger partial charge in [-0.25, -0.2) is 0 Å². The maximum atomic E-state index is 12.3. The minimum atomic E-state index is -0.814. The highest BCUT2D eigenvalue weighted by Gasteiger charge is 2.39. The number of carbonyl (C=O) groups is 1. The van der Waals surface area contributed by atoms with E-state index in [4.69, 9.17) is 5.73 Å². The fraction of sp³-hybridized carbons (Fsp3) is 0.562. The van der Waals surface area contributed by atoms with Gasteiger partial charge in [0.2, 0.25) is 5.91 Å². The van der Waals surface area contributed by atoms with E-state index < -0.39 is 5.54 Å². The van der Waals surface area contributed by atoms with Crippen LogP contribution >= 0.6 is 0 Å². The third-order valence-corrected chi connectivity index (χ3v) is 4.22. The van der Waals surface area contributed by atoms with Crippen LogP contribution < -0.4 is 11.1 Å². The lowest BCUT2D eigenvalue weighted by Gasteiger charge is -2.40. The van der Waals surface area contributed by atoms with Crippen molar-refractivity contribution in [3.63, 3.8) is 0 Å². The van der Waals surface area contributed by atoms with Gasteiger partial charge in [-0.3, -0.25) is 15.0 Å². The van der Waals surface area contributed by atoms with Gasteiger partial charge in [-0.05, 0) is 19.2 Å². The molecule has 1 fully saturated rings. The molecular weight excluding hydrogens is 264 g/mol. The van der Waals surface area contributed by atoms with Gasteiger partial charge < -0.3 is 10.6 Å². The van der Waals surface area contributed by atoms with E-state index in [0.29, 0.717) is 13.1 Å². The lowest BCUT2D eigenvalue weighted by molar-refractivity contribution is -0.126. The monoisotopic (exact) mass is 290 g/mol. The second-order valence-electron chi connectivity index (χ2n) is 5.75. The van der Waals surface area contributed by atoms with Crippen LogP contribution in [-0.4, -0.2) is 62.0 Å². The fourth-order valence-corrected chi connectivity index (χ4v) is 2.92. The van der Waals surface area contributed by atoms with Crippen molar-refractivity contribution in [3.05, 3.63) is 35.9 Å². The SMILES string of the molecule is CCNC(CN1CCN(C)CC1)(C(N)=O)c1ccccc1. The Hall–Kier alpha value is -1.43. The third-order valence-electron chi connectivity index (χ3n) is 4.22. The van der Waals surface area contributed by atoms with Crippen molar-refractivity contribution in [1.82, 2.24) is 15.1 Å². The zero-order valence-electron chi connectivity index (χ0n) is 13.0. The van der Waals surface area contributed by atoms with Crippen LogP contribution in [0.1, 0.15) is 12.5 Å². The van der Waals surface area contributed by atoms with Crippen molar-refractivity contribution in [3.8, 4) is 0 Å². The molecule has 21 heavy (non-hydrogen) atoms. The normalized spacial score (nSPS) is 20.1. The molecule has 1 atom stereocenters. The second kappa shape index (κ2) is 7.02. The first-order chi connectivity index (χ1) is 10.1. The molecule has 1 unspecified atom stereocenters. The van der Waals surface area contributed by atoms with E-state index in [-0.39, 0.29) is 5.91 Å². The Kier molecular flexibility index (Phi) is 5.33. The van der Waals surface area contributed by atoms with Gasteiger partial charge in [0.15, 0.2) is 0 Å². The first-order valence-corrected chi connectivity index (χ1v) is 7.60. The molecule has 1 aliphatic heterocycles. The number of carbonyl (C=O) groups excluding carboxylic acids is 1. The van der Waals surface area contributed by atoms with Crippen LogP contribution in [0.5, 0.6) is 0 Å². The second-order valence-corrected chi connectivity index (χ2v) is 5.75. The van der Waals surface area contributed by atoms with E-state index in [0.717, 1.165) is 31.7 Å². The maximum Gasteiger partial charge on any atom is 0.243 e. The summed E-state index contributed by atoms with van der Waals surface area (Å²) in [5, 5.41) is 3.34. The number of hydrogen-bond donors (Lipinski definition) is 2. The molecule has 1 saturated heterocycles. The molecule has 0 aliphatic carbocycles. The van der Waals surface area contributed by atoms with Crippen molar-refractivity contribution in [2.45, 2.75) is 12.5 Å². The first-order valence-electron chi connectivity index (χ1n) is 7.60. The summed E-state index contributed by atoms with van der Waals surface area (Å²) in [5.74, 6) is -0.311. The van der Waals surface area contributed by atoms with E-state index in [1.54, 1.807) is 0 Å². The standard InChI is InChI=1S/C16H26N4O/c1-3-18-16(15(17)21,14-7-5-4-6-8-14)13-20-11-9-19(2)10-12-20/h4-8,18H,3,9-13H2,1-2H3,(H2,17,21). The van der Waals surface area contributed by atoms with Crippen LogP contribution in [0.3, 0.4) is 0 Å². The highest BCUT2D eigenvalue weighted by atomic mass is 16.1. The molecular formula is C16H26N4O. The molecule has 1 aliphatic rings. The van der Waals surface area contributed by atoms with Crippen molar-refractivity contribution < 1.29 is 4.79 Å². The fourth-order valence-electron chi connectivity index (χ4n) is 2.92. The van der Waals surface area contributed by atoms with Crippen molar-refractivity contribution in [2.24, 2.45) is 5.73 Å². The molecule has 5 heteroatoms. The number of amides is 1. The topological polar surface area (TPSA) is 61.6 Å². The Bertz CT molecular complexity index is 457. The van der Waals surface area contributed by atoms with Gasteiger partial charge >= 0.3 is 0 Å². The molecule has 0 saturated carbocycles. The van der Waals surface area contributed by atoms with Crippen LogP contribution in [0.25, 0.3) is 0 Å². The smallest absolute Gasteiger partial charge is 0.243 e. The summed E-state index contributed by atoms with van der Waals surface area (Å²) in [6.07, 6.45) is 0. The van der Waals surface area contributed by atoms with Gasteiger partial charge in [0.1, 0.15) is 5.54 Å². The van der Waals surface area contributed by atoms with Crippen molar-refractivity contribution in [1.29, 1.82) is 0 Å². The number of nitrogens with one attached hydrogen (secondary N) is 1. The number of likely N-dealkylation sites (N-methyl/N-ethyl adjacent to an activating group) is 2. The van der Waals surface area contributed by atoms with Crippen molar-refractivity contribution >= 4 is 5.91 Å². The minimum absolute atomic E-state index is 0.311. The number of hydrogen-bond acceptors (Lipinski definition) is 4. The molecule has 1 amide bonds. The molecule has 0 spiro atoms. The molecule has 2 rings (SSSR count). The molecule has 0 bridgehead atoms. The Morgan fingerprint density at radius 3 is 2.38 bits per heavy atom. The lowest BCUT2D eigenvalue weighted by atomic mass is 9.88. The van der Waals surface area contributed by atoms with Crippen LogP contribution in [-0.2, 0) is 10.3 Å². The van der Waals surface area contributed by atoms with E-state index in [1.165, 1.54) is 0 Å². The summed E-state index contributed by atoms with van der Waals surface area (Å²) in [6, 6.07) is 9.81. The van der Waals surface area contributed by atoms with Crippen LogP contribution in [0.2, 0.25) is 0 Å². The number of piperazine rings is 1. The predicted octanol–water partition coefficient (Wildman–Crippen LogP) is 0.224. The zero-order chi connectivity index (χ0) is 15.3. The van der Waals surface area contributed by atoms with Crippen LogP contribution in [0, 0.1) is 0 Å². The molecule has 5 nitrogen and oxygen atoms in total. The summed E-state index contributed by atoms with van der Waals surface area (Å²) >= 11 is 0.